The summed E-state index contributed by atoms with van der Waals surface area (Å²) < 4.78 is 0.848. The van der Waals surface area contributed by atoms with Crippen LogP contribution in [0.25, 0.3) is 0 Å². The van der Waals surface area contributed by atoms with Gasteiger partial charge < -0.3 is 4.98 Å². The maximum absolute atomic E-state index is 4.13. The van der Waals surface area contributed by atoms with Gasteiger partial charge in [-0.15, -0.1) is 0 Å². The fourth-order valence-electron chi connectivity index (χ4n) is 1.58. The molecule has 1 aromatic rings. The third kappa shape index (κ3) is 1.11. The number of H-pyrrole nitrogens is 1. The van der Waals surface area contributed by atoms with Gasteiger partial charge in [0, 0.05) is 17.3 Å². The zero-order valence-electron chi connectivity index (χ0n) is 6.52. The zero-order chi connectivity index (χ0) is 7.90. The molecule has 1 fully saturated rings. The number of aromatic amines is 1. The molecular formula is C8H11BrN2. The number of nitrogens with one attached hydrogen (secondary N) is 1. The lowest BCUT2D eigenvalue weighted by Crippen LogP contribution is -2.30. The Morgan fingerprint density at radius 3 is 2.73 bits per heavy atom. The Balaban J connectivity index is 2.28. The average Bonchev–Trinajstić information content (AvgIpc) is 2.31. The molecule has 0 unspecified atom stereocenters. The lowest BCUT2D eigenvalue weighted by molar-refractivity contribution is 0.265. The Hall–Kier alpha value is -0.310. The molecule has 0 aromatic carbocycles. The van der Waals surface area contributed by atoms with E-state index in [9.17, 15) is 0 Å². The summed E-state index contributed by atoms with van der Waals surface area (Å²) in [6.07, 6.45) is 5.87. The van der Waals surface area contributed by atoms with Crippen molar-refractivity contribution in [1.82, 2.24) is 9.97 Å². The fraction of sp³-hybridized carbons (Fsp3) is 0.625. The van der Waals surface area contributed by atoms with Crippen molar-refractivity contribution >= 4 is 15.9 Å². The minimum absolute atomic E-state index is 0.388. The number of nitrogens with zero attached hydrogens (tertiary/aromatic N) is 1. The highest BCUT2D eigenvalue weighted by atomic mass is 79.9. The molecule has 3 heteroatoms. The number of imidazole rings is 1. The monoisotopic (exact) mass is 214 g/mol. The van der Waals surface area contributed by atoms with Crippen molar-refractivity contribution in [2.45, 2.75) is 31.6 Å². The van der Waals surface area contributed by atoms with Crippen molar-refractivity contribution in [3.63, 3.8) is 0 Å². The van der Waals surface area contributed by atoms with Crippen LogP contribution < -0.4 is 0 Å². The Morgan fingerprint density at radius 2 is 2.36 bits per heavy atom. The van der Waals surface area contributed by atoms with Gasteiger partial charge in [0.1, 0.15) is 0 Å². The van der Waals surface area contributed by atoms with Gasteiger partial charge in [0.05, 0.1) is 0 Å². The summed E-state index contributed by atoms with van der Waals surface area (Å²) in [5, 5.41) is 0. The van der Waals surface area contributed by atoms with Crippen LogP contribution in [0.15, 0.2) is 10.9 Å². The van der Waals surface area contributed by atoms with Gasteiger partial charge in [-0.2, -0.15) is 0 Å². The fourth-order valence-corrected chi connectivity index (χ4v) is 1.90. The van der Waals surface area contributed by atoms with Crippen molar-refractivity contribution in [3.8, 4) is 0 Å². The lowest BCUT2D eigenvalue weighted by Gasteiger charge is -2.37. The summed E-state index contributed by atoms with van der Waals surface area (Å²) in [5.41, 5.74) is 1.66. The molecule has 0 bridgehead atoms. The Morgan fingerprint density at radius 1 is 1.64 bits per heavy atom. The van der Waals surface area contributed by atoms with Gasteiger partial charge in [-0.05, 0) is 28.8 Å². The molecule has 1 aliphatic carbocycles. The van der Waals surface area contributed by atoms with Crippen LogP contribution in [0.5, 0.6) is 0 Å². The van der Waals surface area contributed by atoms with Gasteiger partial charge in [0.2, 0.25) is 0 Å². The summed E-state index contributed by atoms with van der Waals surface area (Å²) in [6.45, 7) is 2.29. The molecule has 0 aliphatic heterocycles. The minimum Gasteiger partial charge on any atom is -0.336 e. The van der Waals surface area contributed by atoms with Crippen LogP contribution in [-0.2, 0) is 5.41 Å². The predicted octanol–water partition coefficient (Wildman–Crippen LogP) is 2.61. The van der Waals surface area contributed by atoms with E-state index in [2.05, 4.69) is 32.8 Å². The minimum atomic E-state index is 0.388. The first kappa shape index (κ1) is 7.35. The van der Waals surface area contributed by atoms with Crippen LogP contribution in [0.2, 0.25) is 0 Å². The van der Waals surface area contributed by atoms with E-state index in [1.807, 2.05) is 6.20 Å². The summed E-state index contributed by atoms with van der Waals surface area (Å²) in [6, 6.07) is 0. The first-order valence-corrected chi connectivity index (χ1v) is 4.71. The molecule has 1 saturated carbocycles. The molecule has 0 saturated heterocycles. The van der Waals surface area contributed by atoms with E-state index in [1.54, 1.807) is 0 Å². The van der Waals surface area contributed by atoms with Crippen LogP contribution >= 0.6 is 15.9 Å². The van der Waals surface area contributed by atoms with E-state index < -0.39 is 0 Å². The molecule has 1 aliphatic rings. The number of aromatic nitrogens is 2. The van der Waals surface area contributed by atoms with E-state index in [-0.39, 0.29) is 0 Å². The second kappa shape index (κ2) is 2.34. The second-order valence-corrected chi connectivity index (χ2v) is 4.25. The van der Waals surface area contributed by atoms with E-state index in [1.165, 1.54) is 25.0 Å². The van der Waals surface area contributed by atoms with E-state index in [4.69, 9.17) is 0 Å². The zero-order valence-corrected chi connectivity index (χ0v) is 8.11. The second-order valence-electron chi connectivity index (χ2n) is 3.50. The summed E-state index contributed by atoms with van der Waals surface area (Å²) >= 11 is 3.31. The Kier molecular flexibility index (Phi) is 1.56. The van der Waals surface area contributed by atoms with Crippen LogP contribution in [-0.4, -0.2) is 9.97 Å². The molecule has 0 atom stereocenters. The maximum Gasteiger partial charge on any atom is 0.174 e. The summed E-state index contributed by atoms with van der Waals surface area (Å²) in [5.74, 6) is 0. The van der Waals surface area contributed by atoms with Gasteiger partial charge in [-0.3, -0.25) is 0 Å². The molecule has 60 valence electrons. The van der Waals surface area contributed by atoms with Crippen LogP contribution in [0.3, 0.4) is 0 Å². The highest BCUT2D eigenvalue weighted by Gasteiger charge is 2.34. The first-order valence-electron chi connectivity index (χ1n) is 3.92. The molecule has 0 radical (unpaired) electrons. The molecule has 1 heterocycles. The van der Waals surface area contributed by atoms with Gasteiger partial charge >= 0.3 is 0 Å². The molecule has 1 aromatic heterocycles. The van der Waals surface area contributed by atoms with Crippen molar-refractivity contribution in [2.24, 2.45) is 0 Å². The van der Waals surface area contributed by atoms with E-state index in [0.29, 0.717) is 5.41 Å². The quantitative estimate of drug-likeness (QED) is 0.766. The standard InChI is InChI=1S/C8H11BrN2/c1-8(3-2-4-8)6-5-10-7(9)11-6/h5H,2-4H2,1H3,(H,10,11). The van der Waals surface area contributed by atoms with E-state index >= 15 is 0 Å². The molecule has 1 N–H and O–H groups in total. The van der Waals surface area contributed by atoms with Crippen LogP contribution in [0.4, 0.5) is 0 Å². The molecule has 2 nitrogen and oxygen atoms in total. The topological polar surface area (TPSA) is 28.7 Å². The van der Waals surface area contributed by atoms with Crippen molar-refractivity contribution in [3.05, 3.63) is 16.6 Å². The largest absolute Gasteiger partial charge is 0.336 e. The van der Waals surface area contributed by atoms with Crippen molar-refractivity contribution in [1.29, 1.82) is 0 Å². The molecule has 0 amide bonds. The summed E-state index contributed by atoms with van der Waals surface area (Å²) in [4.78, 5) is 7.35. The number of rotatable bonds is 1. The van der Waals surface area contributed by atoms with Gasteiger partial charge in [-0.1, -0.05) is 13.3 Å². The molecule has 0 spiro atoms. The van der Waals surface area contributed by atoms with E-state index in [0.717, 1.165) is 4.73 Å². The van der Waals surface area contributed by atoms with Gasteiger partial charge in [-0.25, -0.2) is 4.98 Å². The first-order chi connectivity index (χ1) is 5.21. The SMILES string of the molecule is CC1(c2cnc(Br)[nH]2)CCC1. The van der Waals surface area contributed by atoms with Crippen LogP contribution in [0, 0.1) is 0 Å². The highest BCUT2D eigenvalue weighted by Crippen LogP contribution is 2.42. The van der Waals surface area contributed by atoms with Crippen molar-refractivity contribution in [2.75, 3.05) is 0 Å². The normalized spacial score (nSPS) is 21.3. The Labute approximate surface area is 74.5 Å². The molecule has 2 rings (SSSR count). The molecular weight excluding hydrogens is 204 g/mol. The third-order valence-corrected chi connectivity index (χ3v) is 3.06. The van der Waals surface area contributed by atoms with Crippen molar-refractivity contribution < 1.29 is 0 Å². The number of hydrogen-bond donors (Lipinski definition) is 1. The summed E-state index contributed by atoms with van der Waals surface area (Å²) in [7, 11) is 0. The predicted molar refractivity (Wildman–Crippen MR) is 47.5 cm³/mol. The maximum atomic E-state index is 4.13. The third-order valence-electron chi connectivity index (χ3n) is 2.65. The number of halogens is 1. The average molecular weight is 215 g/mol. The lowest BCUT2D eigenvalue weighted by atomic mass is 9.68. The number of hydrogen-bond acceptors (Lipinski definition) is 1. The molecule has 11 heavy (non-hydrogen) atoms. The smallest absolute Gasteiger partial charge is 0.174 e. The highest BCUT2D eigenvalue weighted by molar-refractivity contribution is 9.10. The van der Waals surface area contributed by atoms with Crippen LogP contribution in [0.1, 0.15) is 31.9 Å². The van der Waals surface area contributed by atoms with Gasteiger partial charge in [0.25, 0.3) is 0 Å². The Bertz CT molecular complexity index is 263. The van der Waals surface area contributed by atoms with Gasteiger partial charge in [0.15, 0.2) is 4.73 Å².